The van der Waals surface area contributed by atoms with Crippen LogP contribution in [0.25, 0.3) is 6.08 Å². The van der Waals surface area contributed by atoms with Crippen molar-refractivity contribution in [2.45, 2.75) is 0 Å². The number of aliphatic carboxylic acids is 1. The average molecular weight is 289 g/mol. The number of benzene rings is 1. The minimum atomic E-state index is -1.03. The molecule has 102 valence electrons. The number of hydrogen-bond donors (Lipinski definition) is 3. The summed E-state index contributed by atoms with van der Waals surface area (Å²) in [4.78, 5) is 26.7. The SMILES string of the molecule is O=C(O)C=Cc1cnc(NC(=O)Nc2ccccc2)s1. The monoisotopic (exact) mass is 289 g/mol. The van der Waals surface area contributed by atoms with Crippen molar-refractivity contribution in [3.8, 4) is 0 Å². The van der Waals surface area contributed by atoms with Gasteiger partial charge in [-0.2, -0.15) is 0 Å². The van der Waals surface area contributed by atoms with E-state index in [0.29, 0.717) is 15.7 Å². The molecule has 2 aromatic rings. The molecule has 0 atom stereocenters. The Morgan fingerprint density at radius 1 is 1.20 bits per heavy atom. The van der Waals surface area contributed by atoms with E-state index in [1.807, 2.05) is 18.2 Å². The fourth-order valence-electron chi connectivity index (χ4n) is 1.36. The Morgan fingerprint density at radius 3 is 2.65 bits per heavy atom. The number of thiazole rings is 1. The van der Waals surface area contributed by atoms with E-state index in [9.17, 15) is 9.59 Å². The molecule has 1 aromatic carbocycles. The summed E-state index contributed by atoms with van der Waals surface area (Å²) >= 11 is 1.18. The second kappa shape index (κ2) is 6.48. The normalized spacial score (nSPS) is 10.4. The Balaban J connectivity index is 1.93. The number of nitrogens with zero attached hydrogens (tertiary/aromatic N) is 1. The van der Waals surface area contributed by atoms with Crippen LogP contribution in [0.1, 0.15) is 4.88 Å². The largest absolute Gasteiger partial charge is 0.478 e. The van der Waals surface area contributed by atoms with Gasteiger partial charge in [0.1, 0.15) is 0 Å². The van der Waals surface area contributed by atoms with Gasteiger partial charge in [-0.1, -0.05) is 29.5 Å². The summed E-state index contributed by atoms with van der Waals surface area (Å²) in [5, 5.41) is 14.1. The lowest BCUT2D eigenvalue weighted by Crippen LogP contribution is -2.19. The molecule has 1 heterocycles. The quantitative estimate of drug-likeness (QED) is 0.755. The number of carboxylic acid groups (broad SMARTS) is 1. The number of carboxylic acids is 1. The van der Waals surface area contributed by atoms with Gasteiger partial charge in [0.2, 0.25) is 0 Å². The summed E-state index contributed by atoms with van der Waals surface area (Å²) in [5.74, 6) is -1.03. The Kier molecular flexibility index (Phi) is 4.46. The van der Waals surface area contributed by atoms with Gasteiger partial charge in [-0.05, 0) is 18.2 Å². The number of para-hydroxylation sites is 1. The number of aromatic nitrogens is 1. The van der Waals surface area contributed by atoms with Crippen LogP contribution in [0.3, 0.4) is 0 Å². The molecule has 20 heavy (non-hydrogen) atoms. The van der Waals surface area contributed by atoms with Crippen LogP contribution in [0.2, 0.25) is 0 Å². The van der Waals surface area contributed by atoms with Crippen molar-refractivity contribution in [3.63, 3.8) is 0 Å². The molecule has 1 aromatic heterocycles. The van der Waals surface area contributed by atoms with E-state index in [-0.39, 0.29) is 0 Å². The zero-order chi connectivity index (χ0) is 14.4. The minimum Gasteiger partial charge on any atom is -0.478 e. The molecule has 0 aliphatic heterocycles. The van der Waals surface area contributed by atoms with E-state index in [2.05, 4.69) is 15.6 Å². The van der Waals surface area contributed by atoms with Crippen LogP contribution in [-0.2, 0) is 4.79 Å². The molecule has 0 saturated heterocycles. The van der Waals surface area contributed by atoms with Gasteiger partial charge in [-0.3, -0.25) is 5.32 Å². The second-order valence-corrected chi connectivity index (χ2v) is 4.75. The van der Waals surface area contributed by atoms with E-state index < -0.39 is 12.0 Å². The molecule has 0 unspecified atom stereocenters. The lowest BCUT2D eigenvalue weighted by atomic mass is 10.3. The molecule has 3 N–H and O–H groups in total. The maximum Gasteiger partial charge on any atom is 0.328 e. The highest BCUT2D eigenvalue weighted by Crippen LogP contribution is 2.19. The molecule has 0 radical (unpaired) electrons. The lowest BCUT2D eigenvalue weighted by molar-refractivity contribution is -0.131. The van der Waals surface area contributed by atoms with Gasteiger partial charge in [0.25, 0.3) is 0 Å². The van der Waals surface area contributed by atoms with E-state index in [0.717, 1.165) is 6.08 Å². The molecular formula is C13H11N3O3S. The fourth-order valence-corrected chi connectivity index (χ4v) is 2.07. The summed E-state index contributed by atoms with van der Waals surface area (Å²) < 4.78 is 0. The van der Waals surface area contributed by atoms with Crippen LogP contribution < -0.4 is 10.6 Å². The first kappa shape index (κ1) is 13.8. The molecule has 0 spiro atoms. The molecule has 2 rings (SSSR count). The third-order valence-electron chi connectivity index (χ3n) is 2.17. The van der Waals surface area contributed by atoms with Gasteiger partial charge < -0.3 is 10.4 Å². The molecular weight excluding hydrogens is 278 g/mol. The molecule has 0 saturated carbocycles. The molecule has 0 aliphatic rings. The van der Waals surface area contributed by atoms with Crippen molar-refractivity contribution in [2.24, 2.45) is 0 Å². The number of amides is 2. The Labute approximate surface area is 118 Å². The molecule has 6 nitrogen and oxygen atoms in total. The van der Waals surface area contributed by atoms with Crippen molar-refractivity contribution >= 4 is 40.2 Å². The first-order valence-electron chi connectivity index (χ1n) is 5.63. The van der Waals surface area contributed by atoms with E-state index in [1.54, 1.807) is 12.1 Å². The first-order chi connectivity index (χ1) is 9.63. The highest BCUT2D eigenvalue weighted by Gasteiger charge is 2.05. The topological polar surface area (TPSA) is 91.3 Å². The highest BCUT2D eigenvalue weighted by molar-refractivity contribution is 7.16. The van der Waals surface area contributed by atoms with Crippen LogP contribution in [0, 0.1) is 0 Å². The number of hydrogen-bond acceptors (Lipinski definition) is 4. The average Bonchev–Trinajstić information content (AvgIpc) is 2.85. The van der Waals surface area contributed by atoms with Crippen molar-refractivity contribution in [2.75, 3.05) is 10.6 Å². The van der Waals surface area contributed by atoms with Crippen molar-refractivity contribution in [1.82, 2.24) is 4.98 Å². The molecule has 0 bridgehead atoms. The second-order valence-electron chi connectivity index (χ2n) is 3.68. The number of urea groups is 1. The van der Waals surface area contributed by atoms with Gasteiger partial charge in [0, 0.05) is 22.8 Å². The predicted molar refractivity (Wildman–Crippen MR) is 77.9 cm³/mol. The van der Waals surface area contributed by atoms with E-state index in [1.165, 1.54) is 23.6 Å². The van der Waals surface area contributed by atoms with Gasteiger partial charge in [-0.25, -0.2) is 14.6 Å². The maximum atomic E-state index is 11.7. The van der Waals surface area contributed by atoms with Crippen LogP contribution >= 0.6 is 11.3 Å². The van der Waals surface area contributed by atoms with Gasteiger partial charge in [-0.15, -0.1) is 0 Å². The number of carbonyl (C=O) groups excluding carboxylic acids is 1. The predicted octanol–water partition coefficient (Wildman–Crippen LogP) is 2.88. The summed E-state index contributed by atoms with van der Waals surface area (Å²) in [5.41, 5.74) is 0.674. The highest BCUT2D eigenvalue weighted by atomic mass is 32.1. The lowest BCUT2D eigenvalue weighted by Gasteiger charge is -2.04. The number of nitrogens with one attached hydrogen (secondary N) is 2. The van der Waals surface area contributed by atoms with Crippen LogP contribution in [0.4, 0.5) is 15.6 Å². The maximum absolute atomic E-state index is 11.7. The van der Waals surface area contributed by atoms with E-state index in [4.69, 9.17) is 5.11 Å². The number of carbonyl (C=O) groups is 2. The fraction of sp³-hybridized carbons (Fsp3) is 0. The Bertz CT molecular complexity index is 637. The summed E-state index contributed by atoms with van der Waals surface area (Å²) in [7, 11) is 0. The zero-order valence-corrected chi connectivity index (χ0v) is 11.1. The zero-order valence-electron chi connectivity index (χ0n) is 10.2. The van der Waals surface area contributed by atoms with Crippen LogP contribution in [-0.4, -0.2) is 22.1 Å². The smallest absolute Gasteiger partial charge is 0.328 e. The standard InChI is InChI=1S/C13H11N3O3S/c17-11(18)7-6-10-8-14-13(20-10)16-12(19)15-9-4-2-1-3-5-9/h1-8H,(H,17,18)(H2,14,15,16,19). The molecule has 0 fully saturated rings. The summed E-state index contributed by atoms with van der Waals surface area (Å²) in [6.45, 7) is 0. The van der Waals surface area contributed by atoms with Crippen molar-refractivity contribution < 1.29 is 14.7 Å². The number of anilines is 2. The van der Waals surface area contributed by atoms with Gasteiger partial charge in [0.05, 0.1) is 0 Å². The van der Waals surface area contributed by atoms with Crippen molar-refractivity contribution in [3.05, 3.63) is 47.5 Å². The minimum absolute atomic E-state index is 0.392. The molecule has 0 aliphatic carbocycles. The van der Waals surface area contributed by atoms with Gasteiger partial charge >= 0.3 is 12.0 Å². The summed E-state index contributed by atoms with van der Waals surface area (Å²) in [6.07, 6.45) is 3.92. The van der Waals surface area contributed by atoms with Gasteiger partial charge in [0.15, 0.2) is 5.13 Å². The Morgan fingerprint density at radius 2 is 1.95 bits per heavy atom. The van der Waals surface area contributed by atoms with Crippen molar-refractivity contribution in [1.29, 1.82) is 0 Å². The molecule has 7 heteroatoms. The van der Waals surface area contributed by atoms with Crippen LogP contribution in [0.5, 0.6) is 0 Å². The third-order valence-corrected chi connectivity index (χ3v) is 3.04. The Hall–Kier alpha value is -2.67. The number of rotatable bonds is 4. The third kappa shape index (κ3) is 4.21. The summed E-state index contributed by atoms with van der Waals surface area (Å²) in [6, 6.07) is 8.61. The molecule has 2 amide bonds. The van der Waals surface area contributed by atoms with Crippen LogP contribution in [0.15, 0.2) is 42.6 Å². The van der Waals surface area contributed by atoms with E-state index >= 15 is 0 Å². The first-order valence-corrected chi connectivity index (χ1v) is 6.45.